The first-order chi connectivity index (χ1) is 18.0. The SMILES string of the molecule is Cc1ccc(NC(=O)N2CC[C@@H](CC(F)(F)F)C2)cc1-c1cc(N2CCOCC2)nc(N[C@H](C)CO)c1F. The summed E-state index contributed by atoms with van der Waals surface area (Å²) in [6.45, 7) is 5.81. The molecule has 2 atom stereocenters. The van der Waals surface area contributed by atoms with E-state index in [2.05, 4.69) is 15.6 Å². The monoisotopic (exact) mass is 539 g/mol. The van der Waals surface area contributed by atoms with Gasteiger partial charge >= 0.3 is 12.2 Å². The normalized spacial score (nSPS) is 19.0. The highest BCUT2D eigenvalue weighted by Gasteiger charge is 2.36. The van der Waals surface area contributed by atoms with Gasteiger partial charge < -0.3 is 30.3 Å². The van der Waals surface area contributed by atoms with Crippen LogP contribution in [-0.4, -0.2) is 79.2 Å². The molecule has 2 fully saturated rings. The first-order valence-electron chi connectivity index (χ1n) is 12.7. The van der Waals surface area contributed by atoms with E-state index in [1.165, 1.54) is 4.90 Å². The van der Waals surface area contributed by atoms with Crippen molar-refractivity contribution in [1.82, 2.24) is 9.88 Å². The molecule has 2 aromatic rings. The molecule has 1 aromatic carbocycles. The highest BCUT2D eigenvalue weighted by molar-refractivity contribution is 5.91. The summed E-state index contributed by atoms with van der Waals surface area (Å²) < 4.78 is 59.4. The van der Waals surface area contributed by atoms with Gasteiger partial charge in [-0.05, 0) is 55.5 Å². The minimum atomic E-state index is -4.26. The number of amides is 2. The summed E-state index contributed by atoms with van der Waals surface area (Å²) in [7, 11) is 0. The lowest BCUT2D eigenvalue weighted by Gasteiger charge is -2.29. The van der Waals surface area contributed by atoms with Crippen molar-refractivity contribution in [1.29, 1.82) is 0 Å². The number of ether oxygens (including phenoxy) is 1. The number of aliphatic hydroxyl groups excluding tert-OH is 1. The van der Waals surface area contributed by atoms with E-state index in [1.54, 1.807) is 31.2 Å². The van der Waals surface area contributed by atoms with E-state index in [9.17, 15) is 23.1 Å². The molecule has 0 saturated carbocycles. The van der Waals surface area contributed by atoms with Crippen molar-refractivity contribution >= 4 is 23.4 Å². The van der Waals surface area contributed by atoms with Gasteiger partial charge in [0, 0.05) is 49.9 Å². The number of nitrogens with one attached hydrogen (secondary N) is 2. The second-order valence-electron chi connectivity index (χ2n) is 9.90. The van der Waals surface area contributed by atoms with Gasteiger partial charge in [-0.1, -0.05) is 6.07 Å². The number of hydrogen-bond donors (Lipinski definition) is 3. The highest BCUT2D eigenvalue weighted by Crippen LogP contribution is 2.35. The zero-order valence-corrected chi connectivity index (χ0v) is 21.4. The van der Waals surface area contributed by atoms with Crippen molar-refractivity contribution in [2.75, 3.05) is 61.5 Å². The molecule has 2 aliphatic heterocycles. The molecule has 0 aliphatic carbocycles. The van der Waals surface area contributed by atoms with E-state index in [4.69, 9.17) is 4.74 Å². The molecule has 2 saturated heterocycles. The predicted molar refractivity (Wildman–Crippen MR) is 137 cm³/mol. The lowest BCUT2D eigenvalue weighted by atomic mass is 9.99. The molecule has 0 radical (unpaired) electrons. The minimum Gasteiger partial charge on any atom is -0.394 e. The van der Waals surface area contributed by atoms with Crippen molar-refractivity contribution in [2.24, 2.45) is 5.92 Å². The van der Waals surface area contributed by atoms with Crippen LogP contribution in [0.25, 0.3) is 11.1 Å². The zero-order chi connectivity index (χ0) is 27.4. The Morgan fingerprint density at radius 3 is 2.63 bits per heavy atom. The van der Waals surface area contributed by atoms with Crippen LogP contribution in [0, 0.1) is 18.7 Å². The van der Waals surface area contributed by atoms with Gasteiger partial charge in [-0.15, -0.1) is 0 Å². The third kappa shape index (κ3) is 6.84. The van der Waals surface area contributed by atoms with Gasteiger partial charge in [0.1, 0.15) is 5.82 Å². The number of carbonyl (C=O) groups excluding carboxylic acids is 1. The summed E-state index contributed by atoms with van der Waals surface area (Å²) in [5.74, 6) is -0.652. The summed E-state index contributed by atoms with van der Waals surface area (Å²) in [5, 5.41) is 15.2. The molecule has 38 heavy (non-hydrogen) atoms. The Labute approximate surface area is 219 Å². The van der Waals surface area contributed by atoms with E-state index in [-0.39, 0.29) is 31.1 Å². The Hall–Kier alpha value is -3.12. The molecule has 0 bridgehead atoms. The quantitative estimate of drug-likeness (QED) is 0.445. The van der Waals surface area contributed by atoms with Crippen molar-refractivity contribution in [3.8, 4) is 11.1 Å². The lowest BCUT2D eigenvalue weighted by molar-refractivity contribution is -0.143. The Balaban J connectivity index is 1.60. The Bertz CT molecular complexity index is 1140. The number of carbonyl (C=O) groups is 1. The summed E-state index contributed by atoms with van der Waals surface area (Å²) in [5.41, 5.74) is 1.97. The van der Waals surface area contributed by atoms with Crippen LogP contribution in [0.4, 0.5) is 39.7 Å². The fourth-order valence-corrected chi connectivity index (χ4v) is 4.74. The first-order valence-corrected chi connectivity index (χ1v) is 12.7. The molecule has 4 rings (SSSR count). The maximum Gasteiger partial charge on any atom is 0.389 e. The van der Waals surface area contributed by atoms with E-state index in [0.717, 1.165) is 5.56 Å². The van der Waals surface area contributed by atoms with Gasteiger partial charge in [0.05, 0.1) is 19.8 Å². The van der Waals surface area contributed by atoms with Gasteiger partial charge in [-0.25, -0.2) is 14.2 Å². The maximum absolute atomic E-state index is 15.8. The van der Waals surface area contributed by atoms with E-state index < -0.39 is 36.4 Å². The second kappa shape index (κ2) is 11.7. The molecule has 3 N–H and O–H groups in total. The average Bonchev–Trinajstić information content (AvgIpc) is 3.34. The van der Waals surface area contributed by atoms with Gasteiger partial charge in [-0.2, -0.15) is 13.2 Å². The molecule has 2 aliphatic rings. The van der Waals surface area contributed by atoms with Crippen molar-refractivity contribution < 1.29 is 32.2 Å². The standard InChI is InChI=1S/C26H33F4N5O3/c1-16-3-4-19(32-25(37)35-6-5-18(14-35)13-26(28,29)30)11-20(16)21-12-22(34-7-9-38-10-8-34)33-24(23(21)27)31-17(2)15-36/h3-4,11-12,17-18,36H,5-10,13-15H2,1-2H3,(H,31,33)(H,32,37)/t17-,18+/m1/s1. The molecular weight excluding hydrogens is 506 g/mol. The van der Waals surface area contributed by atoms with Gasteiger partial charge in [0.25, 0.3) is 0 Å². The number of nitrogens with zero attached hydrogens (tertiary/aromatic N) is 3. The number of likely N-dealkylation sites (tertiary alicyclic amines) is 1. The number of alkyl halides is 3. The van der Waals surface area contributed by atoms with E-state index in [0.29, 0.717) is 49.8 Å². The number of hydrogen-bond acceptors (Lipinski definition) is 6. The van der Waals surface area contributed by atoms with Gasteiger partial charge in [-0.3, -0.25) is 0 Å². The molecule has 12 heteroatoms. The number of rotatable bonds is 7. The van der Waals surface area contributed by atoms with Crippen molar-refractivity contribution in [3.05, 3.63) is 35.6 Å². The largest absolute Gasteiger partial charge is 0.394 e. The van der Waals surface area contributed by atoms with Gasteiger partial charge in [0.2, 0.25) is 0 Å². The summed E-state index contributed by atoms with van der Waals surface area (Å²) in [4.78, 5) is 20.6. The summed E-state index contributed by atoms with van der Waals surface area (Å²) in [6, 6.07) is 5.81. The van der Waals surface area contributed by atoms with Crippen LogP contribution in [0.15, 0.2) is 24.3 Å². The van der Waals surface area contributed by atoms with Crippen molar-refractivity contribution in [2.45, 2.75) is 38.9 Å². The third-order valence-corrected chi connectivity index (χ3v) is 6.81. The Morgan fingerprint density at radius 2 is 1.95 bits per heavy atom. The van der Waals surface area contributed by atoms with E-state index in [1.807, 2.05) is 11.8 Å². The molecule has 0 spiro atoms. The van der Waals surface area contributed by atoms with Crippen LogP contribution in [0.1, 0.15) is 25.3 Å². The average molecular weight is 540 g/mol. The molecule has 2 amide bonds. The number of benzene rings is 1. The summed E-state index contributed by atoms with van der Waals surface area (Å²) in [6.07, 6.45) is -4.88. The van der Waals surface area contributed by atoms with Crippen LogP contribution in [0.3, 0.4) is 0 Å². The Morgan fingerprint density at radius 1 is 1.21 bits per heavy atom. The maximum atomic E-state index is 15.8. The van der Waals surface area contributed by atoms with Crippen molar-refractivity contribution in [3.63, 3.8) is 0 Å². The number of aryl methyl sites for hydroxylation is 1. The molecule has 0 unspecified atom stereocenters. The number of aliphatic hydroxyl groups is 1. The fourth-order valence-electron chi connectivity index (χ4n) is 4.74. The number of halogens is 4. The smallest absolute Gasteiger partial charge is 0.389 e. The van der Waals surface area contributed by atoms with Crippen LogP contribution in [0.5, 0.6) is 0 Å². The molecule has 3 heterocycles. The third-order valence-electron chi connectivity index (χ3n) is 6.81. The van der Waals surface area contributed by atoms with E-state index >= 15 is 4.39 Å². The zero-order valence-electron chi connectivity index (χ0n) is 21.4. The minimum absolute atomic E-state index is 0.00662. The molecule has 8 nitrogen and oxygen atoms in total. The summed E-state index contributed by atoms with van der Waals surface area (Å²) >= 11 is 0. The fraction of sp³-hybridized carbons (Fsp3) is 0.538. The number of anilines is 3. The molecule has 1 aromatic heterocycles. The topological polar surface area (TPSA) is 90.0 Å². The molecular formula is C26H33F4N5O3. The van der Waals surface area contributed by atoms with Crippen LogP contribution in [0.2, 0.25) is 0 Å². The van der Waals surface area contributed by atoms with Crippen LogP contribution >= 0.6 is 0 Å². The number of pyridine rings is 1. The highest BCUT2D eigenvalue weighted by atomic mass is 19.4. The van der Waals surface area contributed by atoms with Crippen LogP contribution in [-0.2, 0) is 4.74 Å². The molecule has 208 valence electrons. The van der Waals surface area contributed by atoms with Gasteiger partial charge in [0.15, 0.2) is 11.6 Å². The number of morpholine rings is 1. The lowest BCUT2D eigenvalue weighted by Crippen LogP contribution is -2.37. The number of aromatic nitrogens is 1. The number of urea groups is 1. The van der Waals surface area contributed by atoms with Crippen LogP contribution < -0.4 is 15.5 Å². The second-order valence-corrected chi connectivity index (χ2v) is 9.90. The Kier molecular flexibility index (Phi) is 8.61. The predicted octanol–water partition coefficient (Wildman–Crippen LogP) is 4.63. The first kappa shape index (κ1) is 27.9.